The van der Waals surface area contributed by atoms with Crippen molar-refractivity contribution in [2.75, 3.05) is 13.1 Å². The summed E-state index contributed by atoms with van der Waals surface area (Å²) in [6.45, 7) is 7.49. The molecule has 1 heterocycles. The highest BCUT2D eigenvalue weighted by molar-refractivity contribution is 5.75. The van der Waals surface area contributed by atoms with Crippen molar-refractivity contribution in [2.24, 2.45) is 34.8 Å². The van der Waals surface area contributed by atoms with Gasteiger partial charge in [0.1, 0.15) is 0 Å². The zero-order valence-corrected chi connectivity index (χ0v) is 15.8. The van der Waals surface area contributed by atoms with Gasteiger partial charge in [-0.2, -0.15) is 0 Å². The van der Waals surface area contributed by atoms with Crippen LogP contribution in [0, 0.1) is 29.1 Å². The van der Waals surface area contributed by atoms with Crippen LogP contribution in [0.5, 0.6) is 0 Å². The van der Waals surface area contributed by atoms with Gasteiger partial charge in [-0.1, -0.05) is 19.3 Å². The van der Waals surface area contributed by atoms with Crippen LogP contribution in [0.3, 0.4) is 0 Å². The van der Waals surface area contributed by atoms with Gasteiger partial charge in [0.25, 0.3) is 0 Å². The molecule has 0 aromatic carbocycles. The second kappa shape index (κ2) is 7.33. The van der Waals surface area contributed by atoms with E-state index in [1.807, 2.05) is 25.8 Å². The average Bonchev–Trinajstić information content (AvgIpc) is 2.54. The maximum absolute atomic E-state index is 12.0. The van der Waals surface area contributed by atoms with Gasteiger partial charge in [0.05, 0.1) is 5.41 Å². The fourth-order valence-corrected chi connectivity index (χ4v) is 5.18. The fourth-order valence-electron chi connectivity index (χ4n) is 5.18. The van der Waals surface area contributed by atoms with Gasteiger partial charge in [0.2, 0.25) is 0 Å². The molecule has 4 unspecified atom stereocenters. The van der Waals surface area contributed by atoms with Gasteiger partial charge < -0.3 is 10.6 Å². The SMILES string of the molecule is CC(C)(C)C(=O)ON1CCC(C2CC(N)C3CCCCC3C2)CC1. The molecule has 24 heavy (non-hydrogen) atoms. The van der Waals surface area contributed by atoms with Crippen molar-refractivity contribution in [3.63, 3.8) is 0 Å². The van der Waals surface area contributed by atoms with E-state index in [1.165, 1.54) is 38.5 Å². The van der Waals surface area contributed by atoms with E-state index >= 15 is 0 Å². The number of nitrogens with two attached hydrogens (primary N) is 1. The average molecular weight is 337 g/mol. The molecule has 0 radical (unpaired) electrons. The van der Waals surface area contributed by atoms with E-state index in [9.17, 15) is 4.79 Å². The van der Waals surface area contributed by atoms with Crippen LogP contribution in [-0.2, 0) is 9.63 Å². The Morgan fingerprint density at radius 1 is 0.958 bits per heavy atom. The fraction of sp³-hybridized carbons (Fsp3) is 0.950. The van der Waals surface area contributed by atoms with Crippen LogP contribution in [0.25, 0.3) is 0 Å². The van der Waals surface area contributed by atoms with Crippen molar-refractivity contribution in [1.29, 1.82) is 0 Å². The smallest absolute Gasteiger partial charge is 0.330 e. The molecular formula is C20H36N2O2. The lowest BCUT2D eigenvalue weighted by molar-refractivity contribution is -0.207. The summed E-state index contributed by atoms with van der Waals surface area (Å²) in [5.41, 5.74) is 6.12. The molecule has 4 heteroatoms. The van der Waals surface area contributed by atoms with E-state index in [1.54, 1.807) is 0 Å². The molecule has 0 spiro atoms. The summed E-state index contributed by atoms with van der Waals surface area (Å²) < 4.78 is 0. The molecule has 0 amide bonds. The largest absolute Gasteiger partial charge is 0.367 e. The van der Waals surface area contributed by atoms with Crippen LogP contribution in [0.2, 0.25) is 0 Å². The zero-order valence-electron chi connectivity index (χ0n) is 15.8. The number of hydroxylamine groups is 2. The van der Waals surface area contributed by atoms with Gasteiger partial charge >= 0.3 is 5.97 Å². The van der Waals surface area contributed by atoms with E-state index in [4.69, 9.17) is 10.6 Å². The Hall–Kier alpha value is -0.610. The number of rotatable bonds is 2. The van der Waals surface area contributed by atoms with Crippen molar-refractivity contribution in [2.45, 2.75) is 78.2 Å². The lowest BCUT2D eigenvalue weighted by Gasteiger charge is -2.46. The van der Waals surface area contributed by atoms with E-state index in [-0.39, 0.29) is 5.97 Å². The number of hydrogen-bond donors (Lipinski definition) is 1. The third kappa shape index (κ3) is 4.13. The molecule has 1 aliphatic heterocycles. The minimum Gasteiger partial charge on any atom is -0.367 e. The third-order valence-electron chi connectivity index (χ3n) is 6.69. The van der Waals surface area contributed by atoms with E-state index < -0.39 is 5.41 Å². The first-order chi connectivity index (χ1) is 11.3. The third-order valence-corrected chi connectivity index (χ3v) is 6.69. The molecule has 3 aliphatic rings. The predicted octanol–water partition coefficient (Wildman–Crippen LogP) is 3.75. The Balaban J connectivity index is 1.49. The van der Waals surface area contributed by atoms with Gasteiger partial charge in [-0.3, -0.25) is 0 Å². The Morgan fingerprint density at radius 2 is 1.62 bits per heavy atom. The van der Waals surface area contributed by atoms with Gasteiger partial charge in [0.15, 0.2) is 0 Å². The molecule has 1 saturated heterocycles. The van der Waals surface area contributed by atoms with Crippen molar-refractivity contribution in [3.8, 4) is 0 Å². The molecule has 0 aromatic rings. The Kier molecular flexibility index (Phi) is 5.55. The number of fused-ring (bicyclic) bond motifs is 1. The molecule has 3 rings (SSSR count). The first-order valence-electron chi connectivity index (χ1n) is 10.1. The molecule has 2 aliphatic carbocycles. The van der Waals surface area contributed by atoms with Crippen LogP contribution in [-0.4, -0.2) is 30.2 Å². The number of nitrogens with zero attached hydrogens (tertiary/aromatic N) is 1. The highest BCUT2D eigenvalue weighted by Crippen LogP contribution is 2.46. The molecule has 3 fully saturated rings. The van der Waals surface area contributed by atoms with Gasteiger partial charge in [-0.15, -0.1) is 5.06 Å². The Morgan fingerprint density at radius 3 is 2.29 bits per heavy atom. The van der Waals surface area contributed by atoms with Crippen LogP contribution in [0.1, 0.15) is 72.1 Å². The summed E-state index contributed by atoms with van der Waals surface area (Å²) in [5.74, 6) is 3.11. The summed E-state index contributed by atoms with van der Waals surface area (Å²) >= 11 is 0. The number of piperidine rings is 1. The molecule has 4 atom stereocenters. The standard InChI is InChI=1S/C20H36N2O2/c1-20(2,3)19(23)24-22-10-8-14(9-11-22)16-12-15-6-4-5-7-17(15)18(21)13-16/h14-18H,4-13,21H2,1-3H3. The van der Waals surface area contributed by atoms with Crippen LogP contribution < -0.4 is 5.73 Å². The summed E-state index contributed by atoms with van der Waals surface area (Å²) in [6.07, 6.45) is 10.5. The van der Waals surface area contributed by atoms with Crippen molar-refractivity contribution >= 4 is 5.97 Å². The van der Waals surface area contributed by atoms with Crippen LogP contribution in [0.4, 0.5) is 0 Å². The normalized spacial score (nSPS) is 36.2. The lowest BCUT2D eigenvalue weighted by Crippen LogP contribution is -2.47. The second-order valence-corrected chi connectivity index (χ2v) is 9.50. The monoisotopic (exact) mass is 336 g/mol. The summed E-state index contributed by atoms with van der Waals surface area (Å²) in [6, 6.07) is 0.422. The Labute approximate surface area is 147 Å². The van der Waals surface area contributed by atoms with E-state index in [0.717, 1.165) is 49.6 Å². The van der Waals surface area contributed by atoms with Gasteiger partial charge in [0, 0.05) is 19.1 Å². The van der Waals surface area contributed by atoms with Crippen LogP contribution >= 0.6 is 0 Å². The highest BCUT2D eigenvalue weighted by Gasteiger charge is 2.40. The molecule has 2 N–H and O–H groups in total. The van der Waals surface area contributed by atoms with Crippen LogP contribution in [0.15, 0.2) is 0 Å². The molecule has 2 saturated carbocycles. The van der Waals surface area contributed by atoms with Gasteiger partial charge in [-0.25, -0.2) is 4.79 Å². The van der Waals surface area contributed by atoms with E-state index in [2.05, 4.69) is 0 Å². The van der Waals surface area contributed by atoms with Crippen molar-refractivity contribution in [1.82, 2.24) is 5.06 Å². The number of carbonyl (C=O) groups excluding carboxylic acids is 1. The number of hydrogen-bond acceptors (Lipinski definition) is 4. The molecule has 0 bridgehead atoms. The summed E-state index contributed by atoms with van der Waals surface area (Å²) in [4.78, 5) is 17.6. The van der Waals surface area contributed by atoms with Crippen molar-refractivity contribution < 1.29 is 9.63 Å². The lowest BCUT2D eigenvalue weighted by atomic mass is 9.62. The van der Waals surface area contributed by atoms with E-state index in [0.29, 0.717) is 6.04 Å². The highest BCUT2D eigenvalue weighted by atomic mass is 16.7. The summed E-state index contributed by atoms with van der Waals surface area (Å²) in [5, 5.41) is 1.89. The molecule has 0 aromatic heterocycles. The topological polar surface area (TPSA) is 55.6 Å². The van der Waals surface area contributed by atoms with Crippen molar-refractivity contribution in [3.05, 3.63) is 0 Å². The molecule has 4 nitrogen and oxygen atoms in total. The predicted molar refractivity (Wildman–Crippen MR) is 96.0 cm³/mol. The maximum atomic E-state index is 12.0. The maximum Gasteiger partial charge on any atom is 0.330 e. The Bertz CT molecular complexity index is 437. The first-order valence-corrected chi connectivity index (χ1v) is 10.1. The minimum absolute atomic E-state index is 0.120. The quantitative estimate of drug-likeness (QED) is 0.834. The van der Waals surface area contributed by atoms with Gasteiger partial charge in [-0.05, 0) is 76.5 Å². The number of carbonyl (C=O) groups is 1. The zero-order chi connectivity index (χ0) is 17.3. The first kappa shape index (κ1) is 18.2. The second-order valence-electron chi connectivity index (χ2n) is 9.50. The summed E-state index contributed by atoms with van der Waals surface area (Å²) in [7, 11) is 0. The molecular weight excluding hydrogens is 300 g/mol. The molecule has 138 valence electrons. The minimum atomic E-state index is -0.428.